The SMILES string of the molecule is CCC1[C@@H]2CCC3=CC(=O)CCC3=C2C=CC1(CC)COC(C)=O. The number of allylic oxidation sites excluding steroid dienone is 5. The number of ether oxygens (including phenoxy) is 1. The van der Waals surface area contributed by atoms with Crippen LogP contribution in [0.15, 0.2) is 34.9 Å². The van der Waals surface area contributed by atoms with Crippen LogP contribution < -0.4 is 0 Å². The third-order valence-electron chi connectivity index (χ3n) is 6.28. The van der Waals surface area contributed by atoms with Crippen LogP contribution in [0.5, 0.6) is 0 Å². The monoisotopic (exact) mass is 328 g/mol. The standard InChI is InChI=1S/C21H28O3/c1-4-20-19-8-6-15-12-16(23)7-9-17(15)18(19)10-11-21(20,5-2)13-24-14(3)22/h10-12,19-20H,4-9,13H2,1-3H3/t19-,20?,21?/m1/s1. The van der Waals surface area contributed by atoms with Crippen LogP contribution in [0.1, 0.15) is 59.3 Å². The summed E-state index contributed by atoms with van der Waals surface area (Å²) in [5.41, 5.74) is 4.07. The lowest BCUT2D eigenvalue weighted by Crippen LogP contribution is -2.42. The molecular formula is C21H28O3. The van der Waals surface area contributed by atoms with E-state index in [0.29, 0.717) is 24.9 Å². The lowest BCUT2D eigenvalue weighted by Gasteiger charge is -2.47. The Kier molecular flexibility index (Phi) is 4.80. The fourth-order valence-electron chi connectivity index (χ4n) is 4.99. The fourth-order valence-corrected chi connectivity index (χ4v) is 4.99. The summed E-state index contributed by atoms with van der Waals surface area (Å²) in [6, 6.07) is 0. The van der Waals surface area contributed by atoms with E-state index in [2.05, 4.69) is 26.0 Å². The maximum Gasteiger partial charge on any atom is 0.302 e. The Morgan fingerprint density at radius 2 is 2.08 bits per heavy atom. The number of hydrogen-bond donors (Lipinski definition) is 0. The number of rotatable bonds is 4. The summed E-state index contributed by atoms with van der Waals surface area (Å²) >= 11 is 0. The van der Waals surface area contributed by atoms with E-state index < -0.39 is 0 Å². The Bertz CT molecular complexity index is 637. The molecule has 0 N–H and O–H groups in total. The van der Waals surface area contributed by atoms with E-state index >= 15 is 0 Å². The second-order valence-corrected chi connectivity index (χ2v) is 7.43. The van der Waals surface area contributed by atoms with E-state index in [1.54, 1.807) is 0 Å². The first-order chi connectivity index (χ1) is 11.5. The third kappa shape index (κ3) is 2.89. The summed E-state index contributed by atoms with van der Waals surface area (Å²) in [6.45, 7) is 6.41. The second kappa shape index (κ2) is 6.70. The van der Waals surface area contributed by atoms with Gasteiger partial charge >= 0.3 is 5.97 Å². The molecule has 0 radical (unpaired) electrons. The molecule has 0 saturated heterocycles. The number of carbonyl (C=O) groups is 2. The molecule has 0 heterocycles. The summed E-state index contributed by atoms with van der Waals surface area (Å²) in [4.78, 5) is 23.1. The van der Waals surface area contributed by atoms with Crippen molar-refractivity contribution in [3.05, 3.63) is 34.9 Å². The van der Waals surface area contributed by atoms with Crippen molar-refractivity contribution in [3.63, 3.8) is 0 Å². The van der Waals surface area contributed by atoms with Crippen LogP contribution in [0.3, 0.4) is 0 Å². The minimum Gasteiger partial charge on any atom is -0.465 e. The van der Waals surface area contributed by atoms with Crippen LogP contribution in [-0.4, -0.2) is 18.4 Å². The van der Waals surface area contributed by atoms with Gasteiger partial charge in [-0.05, 0) is 60.3 Å². The van der Waals surface area contributed by atoms with Crippen molar-refractivity contribution >= 4 is 11.8 Å². The van der Waals surface area contributed by atoms with E-state index in [0.717, 1.165) is 32.1 Å². The van der Waals surface area contributed by atoms with Gasteiger partial charge in [0.05, 0.1) is 0 Å². The van der Waals surface area contributed by atoms with Crippen LogP contribution in [-0.2, 0) is 14.3 Å². The molecular weight excluding hydrogens is 300 g/mol. The summed E-state index contributed by atoms with van der Waals surface area (Å²) in [5, 5.41) is 0. The molecule has 2 unspecified atom stereocenters. The van der Waals surface area contributed by atoms with Crippen LogP contribution in [0.25, 0.3) is 0 Å². The Labute approximate surface area is 144 Å². The Balaban J connectivity index is 2.01. The van der Waals surface area contributed by atoms with Crippen molar-refractivity contribution in [2.45, 2.75) is 59.3 Å². The van der Waals surface area contributed by atoms with Crippen molar-refractivity contribution in [1.29, 1.82) is 0 Å². The summed E-state index contributed by atoms with van der Waals surface area (Å²) < 4.78 is 5.45. The van der Waals surface area contributed by atoms with Gasteiger partial charge < -0.3 is 4.74 Å². The molecule has 0 aliphatic heterocycles. The van der Waals surface area contributed by atoms with E-state index in [-0.39, 0.29) is 17.2 Å². The molecule has 3 atom stereocenters. The number of fused-ring (bicyclic) bond motifs is 2. The van der Waals surface area contributed by atoms with Gasteiger partial charge in [0.2, 0.25) is 0 Å². The molecule has 0 spiro atoms. The molecule has 24 heavy (non-hydrogen) atoms. The quantitative estimate of drug-likeness (QED) is 0.712. The van der Waals surface area contributed by atoms with Crippen molar-refractivity contribution in [3.8, 4) is 0 Å². The van der Waals surface area contributed by atoms with E-state index in [1.807, 2.05) is 6.08 Å². The normalized spacial score (nSPS) is 32.1. The minimum absolute atomic E-state index is 0.0547. The molecule has 0 aromatic carbocycles. The summed E-state index contributed by atoms with van der Waals surface area (Å²) in [6.07, 6.45) is 12.2. The molecule has 3 aliphatic rings. The number of hydrogen-bond acceptors (Lipinski definition) is 3. The van der Waals surface area contributed by atoms with Gasteiger partial charge in [0.25, 0.3) is 0 Å². The Hall–Kier alpha value is -1.64. The molecule has 0 amide bonds. The maximum absolute atomic E-state index is 11.7. The van der Waals surface area contributed by atoms with E-state index in [1.165, 1.54) is 23.6 Å². The first-order valence-electron chi connectivity index (χ1n) is 9.30. The number of carbonyl (C=O) groups excluding carboxylic acids is 2. The van der Waals surface area contributed by atoms with Crippen LogP contribution in [0, 0.1) is 17.3 Å². The lowest BCUT2D eigenvalue weighted by atomic mass is 9.57. The van der Waals surface area contributed by atoms with Gasteiger partial charge in [-0.25, -0.2) is 0 Å². The number of ketones is 1. The molecule has 3 rings (SSSR count). The molecule has 130 valence electrons. The van der Waals surface area contributed by atoms with Gasteiger partial charge in [-0.15, -0.1) is 0 Å². The first kappa shape index (κ1) is 17.2. The molecule has 0 fully saturated rings. The molecule has 3 heteroatoms. The predicted molar refractivity (Wildman–Crippen MR) is 94.4 cm³/mol. The molecule has 0 aromatic heterocycles. The highest BCUT2D eigenvalue weighted by molar-refractivity contribution is 5.93. The zero-order chi connectivity index (χ0) is 17.3. The number of esters is 1. The summed E-state index contributed by atoms with van der Waals surface area (Å²) in [5.74, 6) is 1.09. The van der Waals surface area contributed by atoms with Crippen LogP contribution in [0.2, 0.25) is 0 Å². The van der Waals surface area contributed by atoms with Gasteiger partial charge in [0, 0.05) is 18.8 Å². The maximum atomic E-state index is 11.7. The van der Waals surface area contributed by atoms with E-state index in [9.17, 15) is 9.59 Å². The van der Waals surface area contributed by atoms with Crippen molar-refractivity contribution in [1.82, 2.24) is 0 Å². The topological polar surface area (TPSA) is 43.4 Å². The molecule has 0 saturated carbocycles. The van der Waals surface area contributed by atoms with Gasteiger partial charge in [0.1, 0.15) is 6.61 Å². The van der Waals surface area contributed by atoms with Gasteiger partial charge in [-0.2, -0.15) is 0 Å². The van der Waals surface area contributed by atoms with Crippen molar-refractivity contribution in [2.24, 2.45) is 17.3 Å². The average Bonchev–Trinajstić information content (AvgIpc) is 2.58. The highest BCUT2D eigenvalue weighted by atomic mass is 16.5. The van der Waals surface area contributed by atoms with Gasteiger partial charge in [-0.3, -0.25) is 9.59 Å². The third-order valence-corrected chi connectivity index (χ3v) is 6.28. The lowest BCUT2D eigenvalue weighted by molar-refractivity contribution is -0.145. The highest BCUT2D eigenvalue weighted by Crippen LogP contribution is 2.53. The van der Waals surface area contributed by atoms with Gasteiger partial charge in [0.15, 0.2) is 5.78 Å². The Morgan fingerprint density at radius 3 is 2.75 bits per heavy atom. The smallest absolute Gasteiger partial charge is 0.302 e. The Morgan fingerprint density at radius 1 is 1.29 bits per heavy atom. The summed E-state index contributed by atoms with van der Waals surface area (Å²) in [7, 11) is 0. The second-order valence-electron chi connectivity index (χ2n) is 7.43. The molecule has 3 aliphatic carbocycles. The van der Waals surface area contributed by atoms with Crippen molar-refractivity contribution < 1.29 is 14.3 Å². The van der Waals surface area contributed by atoms with Gasteiger partial charge in [-0.1, -0.05) is 32.4 Å². The molecule has 0 aromatic rings. The van der Waals surface area contributed by atoms with Crippen LogP contribution in [0.4, 0.5) is 0 Å². The minimum atomic E-state index is -0.199. The largest absolute Gasteiger partial charge is 0.465 e. The average molecular weight is 328 g/mol. The molecule has 3 nitrogen and oxygen atoms in total. The van der Waals surface area contributed by atoms with Crippen LogP contribution >= 0.6 is 0 Å². The fraction of sp³-hybridized carbons (Fsp3) is 0.619. The molecule has 0 bridgehead atoms. The van der Waals surface area contributed by atoms with E-state index in [4.69, 9.17) is 4.74 Å². The first-order valence-corrected chi connectivity index (χ1v) is 9.30. The zero-order valence-corrected chi connectivity index (χ0v) is 15.1. The predicted octanol–water partition coefficient (Wildman–Crippen LogP) is 4.54. The van der Waals surface area contributed by atoms with Crippen molar-refractivity contribution in [2.75, 3.05) is 6.61 Å². The highest BCUT2D eigenvalue weighted by Gasteiger charge is 2.45. The zero-order valence-electron chi connectivity index (χ0n) is 15.1.